The summed E-state index contributed by atoms with van der Waals surface area (Å²) in [7, 11) is 0. The fraction of sp³-hybridized carbons (Fsp3) is 0.481. The fourth-order valence-electron chi connectivity index (χ4n) is 6.18. The van der Waals surface area contributed by atoms with Gasteiger partial charge in [-0.15, -0.1) is 0 Å². The van der Waals surface area contributed by atoms with Gasteiger partial charge in [-0.05, 0) is 43.9 Å². The average molecular weight is 448 g/mol. The minimum atomic E-state index is -0.373. The van der Waals surface area contributed by atoms with Crippen molar-refractivity contribution >= 4 is 12.0 Å². The third-order valence-corrected chi connectivity index (χ3v) is 7.70. The third kappa shape index (κ3) is 3.85. The average Bonchev–Trinajstić information content (AvgIpc) is 3.37. The van der Waals surface area contributed by atoms with E-state index in [9.17, 15) is 14.7 Å². The second-order valence-corrected chi connectivity index (χ2v) is 9.57. The molecule has 3 aliphatic heterocycles. The number of benzene rings is 1. The summed E-state index contributed by atoms with van der Waals surface area (Å²) in [4.78, 5) is 31.2. The van der Waals surface area contributed by atoms with E-state index >= 15 is 0 Å². The molecule has 0 aliphatic carbocycles. The fourth-order valence-corrected chi connectivity index (χ4v) is 6.18. The molecule has 1 N–H and O–H groups in total. The zero-order chi connectivity index (χ0) is 22.9. The van der Waals surface area contributed by atoms with Gasteiger partial charge in [0.2, 0.25) is 5.91 Å². The standard InChI is InChI=1S/C27H33N3O3/c1-2-9-20-12-13-23-24-21(17-29(23)26(20)32)22(18-31)25(27(33)28-14-7-4-8-15-28)30(24)16-19-10-5-3-6-11-19/h2-3,5-6,9-13,21-22,24-25,31H,4,7-8,14-18H2,1H3/b9-2-/t21-,22-,24+,25-/m0/s1. The van der Waals surface area contributed by atoms with E-state index < -0.39 is 0 Å². The van der Waals surface area contributed by atoms with Gasteiger partial charge in [0.25, 0.3) is 5.56 Å². The topological polar surface area (TPSA) is 65.8 Å². The van der Waals surface area contributed by atoms with Gasteiger partial charge in [-0.25, -0.2) is 0 Å². The zero-order valence-electron chi connectivity index (χ0n) is 19.3. The number of nitrogens with zero attached hydrogens (tertiary/aromatic N) is 3. The molecule has 6 nitrogen and oxygen atoms in total. The van der Waals surface area contributed by atoms with Gasteiger partial charge in [-0.3, -0.25) is 14.5 Å². The van der Waals surface area contributed by atoms with Gasteiger partial charge in [0.05, 0.1) is 12.1 Å². The van der Waals surface area contributed by atoms with Crippen LogP contribution in [0.2, 0.25) is 0 Å². The molecule has 5 rings (SSSR count). The van der Waals surface area contributed by atoms with Crippen LogP contribution in [0.3, 0.4) is 0 Å². The lowest BCUT2D eigenvalue weighted by Crippen LogP contribution is -2.51. The maximum atomic E-state index is 13.8. The van der Waals surface area contributed by atoms with Crippen LogP contribution in [0, 0.1) is 11.8 Å². The van der Waals surface area contributed by atoms with Crippen LogP contribution in [0.4, 0.5) is 0 Å². The van der Waals surface area contributed by atoms with Crippen molar-refractivity contribution in [3.63, 3.8) is 0 Å². The van der Waals surface area contributed by atoms with Gasteiger partial charge in [0.15, 0.2) is 0 Å². The van der Waals surface area contributed by atoms with Crippen LogP contribution in [-0.4, -0.2) is 51.1 Å². The molecule has 33 heavy (non-hydrogen) atoms. The molecule has 6 heteroatoms. The molecule has 2 saturated heterocycles. The number of aliphatic hydroxyl groups excluding tert-OH is 1. The minimum Gasteiger partial charge on any atom is -0.396 e. The Balaban J connectivity index is 1.57. The number of allylic oxidation sites excluding steroid dienone is 1. The highest BCUT2D eigenvalue weighted by Crippen LogP contribution is 2.50. The molecule has 2 fully saturated rings. The van der Waals surface area contributed by atoms with E-state index in [-0.39, 0.29) is 42.0 Å². The van der Waals surface area contributed by atoms with Gasteiger partial charge < -0.3 is 14.6 Å². The Morgan fingerprint density at radius 1 is 1.09 bits per heavy atom. The number of likely N-dealkylation sites (tertiary alicyclic amines) is 2. The van der Waals surface area contributed by atoms with E-state index in [1.54, 1.807) is 0 Å². The molecule has 1 aromatic heterocycles. The van der Waals surface area contributed by atoms with Gasteiger partial charge in [0.1, 0.15) is 0 Å². The summed E-state index contributed by atoms with van der Waals surface area (Å²) in [6.07, 6.45) is 6.98. The van der Waals surface area contributed by atoms with Gasteiger partial charge in [-0.2, -0.15) is 0 Å². The van der Waals surface area contributed by atoms with Crippen molar-refractivity contribution < 1.29 is 9.90 Å². The summed E-state index contributed by atoms with van der Waals surface area (Å²) < 4.78 is 1.87. The SMILES string of the molecule is C/C=C\c1ccc2n(c1=O)C[C@H]1[C@H](CO)[C@@H](C(=O)N3CCCCC3)N(Cc3ccccc3)[C@@H]21. The number of fused-ring (bicyclic) bond motifs is 3. The van der Waals surface area contributed by atoms with E-state index in [1.807, 2.05) is 58.9 Å². The third-order valence-electron chi connectivity index (χ3n) is 7.70. The number of pyridine rings is 1. The van der Waals surface area contributed by atoms with Gasteiger partial charge in [0, 0.05) is 55.9 Å². The Kier molecular flexibility index (Phi) is 6.21. The molecule has 0 spiro atoms. The molecule has 174 valence electrons. The summed E-state index contributed by atoms with van der Waals surface area (Å²) in [5, 5.41) is 10.5. The summed E-state index contributed by atoms with van der Waals surface area (Å²) in [5.74, 6) is -0.0258. The van der Waals surface area contributed by atoms with Crippen LogP contribution in [0.25, 0.3) is 6.08 Å². The number of aromatic nitrogens is 1. The monoisotopic (exact) mass is 447 g/mol. The molecule has 0 bridgehead atoms. The molecule has 4 heterocycles. The van der Waals surface area contributed by atoms with Crippen LogP contribution in [0.1, 0.15) is 49.0 Å². The highest BCUT2D eigenvalue weighted by molar-refractivity contribution is 5.83. The second kappa shape index (κ2) is 9.27. The lowest BCUT2D eigenvalue weighted by Gasteiger charge is -2.36. The Bertz CT molecular complexity index is 1090. The number of rotatable bonds is 5. The van der Waals surface area contributed by atoms with E-state index in [0.29, 0.717) is 18.7 Å². The predicted octanol–water partition coefficient (Wildman–Crippen LogP) is 3.06. The smallest absolute Gasteiger partial charge is 0.258 e. The van der Waals surface area contributed by atoms with Crippen molar-refractivity contribution in [3.8, 4) is 0 Å². The Labute approximate surface area is 195 Å². The highest BCUT2D eigenvalue weighted by atomic mass is 16.3. The molecular formula is C27H33N3O3. The maximum absolute atomic E-state index is 13.8. The first-order chi connectivity index (χ1) is 16.1. The molecule has 0 saturated carbocycles. The summed E-state index contributed by atoms with van der Waals surface area (Å²) in [5.41, 5.74) is 2.78. The van der Waals surface area contributed by atoms with Crippen LogP contribution in [-0.2, 0) is 17.9 Å². The number of hydrogen-bond acceptors (Lipinski definition) is 4. The molecule has 1 amide bonds. The van der Waals surface area contributed by atoms with E-state index in [4.69, 9.17) is 0 Å². The van der Waals surface area contributed by atoms with Gasteiger partial charge in [-0.1, -0.05) is 42.5 Å². The Hall–Kier alpha value is -2.70. The van der Waals surface area contributed by atoms with E-state index in [0.717, 1.165) is 37.2 Å². The predicted molar refractivity (Wildman–Crippen MR) is 128 cm³/mol. The van der Waals surface area contributed by atoms with E-state index in [2.05, 4.69) is 17.0 Å². The van der Waals surface area contributed by atoms with Crippen molar-refractivity contribution in [3.05, 3.63) is 75.7 Å². The van der Waals surface area contributed by atoms with Crippen LogP contribution < -0.4 is 5.56 Å². The maximum Gasteiger partial charge on any atom is 0.258 e. The van der Waals surface area contributed by atoms with Crippen molar-refractivity contribution in [1.29, 1.82) is 0 Å². The number of aliphatic hydroxyl groups is 1. The molecule has 0 unspecified atom stereocenters. The van der Waals surface area contributed by atoms with Crippen molar-refractivity contribution in [2.45, 2.75) is 51.4 Å². The number of piperidine rings is 1. The molecule has 1 aromatic carbocycles. The minimum absolute atomic E-state index is 0.00950. The van der Waals surface area contributed by atoms with Crippen molar-refractivity contribution in [2.75, 3.05) is 19.7 Å². The number of amides is 1. The first-order valence-electron chi connectivity index (χ1n) is 12.2. The molecular weight excluding hydrogens is 414 g/mol. The molecule has 0 radical (unpaired) electrons. The molecule has 2 aromatic rings. The van der Waals surface area contributed by atoms with Crippen LogP contribution in [0.5, 0.6) is 0 Å². The first-order valence-corrected chi connectivity index (χ1v) is 12.2. The normalized spacial score (nSPS) is 27.2. The number of hydrogen-bond donors (Lipinski definition) is 1. The highest BCUT2D eigenvalue weighted by Gasteiger charge is 2.56. The largest absolute Gasteiger partial charge is 0.396 e. The quantitative estimate of drug-likeness (QED) is 0.765. The van der Waals surface area contributed by atoms with Crippen molar-refractivity contribution in [1.82, 2.24) is 14.4 Å². The molecule has 4 atom stereocenters. The zero-order valence-corrected chi connectivity index (χ0v) is 19.3. The Morgan fingerprint density at radius 2 is 1.85 bits per heavy atom. The lowest BCUT2D eigenvalue weighted by molar-refractivity contribution is -0.139. The molecule has 3 aliphatic rings. The summed E-state index contributed by atoms with van der Waals surface area (Å²) >= 11 is 0. The summed E-state index contributed by atoms with van der Waals surface area (Å²) in [6.45, 7) is 4.61. The Morgan fingerprint density at radius 3 is 2.55 bits per heavy atom. The van der Waals surface area contributed by atoms with Crippen LogP contribution in [0.15, 0.2) is 53.3 Å². The van der Waals surface area contributed by atoms with Crippen LogP contribution >= 0.6 is 0 Å². The van der Waals surface area contributed by atoms with E-state index in [1.165, 1.54) is 6.42 Å². The summed E-state index contributed by atoms with van der Waals surface area (Å²) in [6, 6.07) is 13.7. The number of carbonyl (C=O) groups is 1. The first kappa shape index (κ1) is 22.1. The van der Waals surface area contributed by atoms with Gasteiger partial charge >= 0.3 is 0 Å². The van der Waals surface area contributed by atoms with Crippen molar-refractivity contribution in [2.24, 2.45) is 11.8 Å². The number of carbonyl (C=O) groups excluding carboxylic acids is 1. The lowest BCUT2D eigenvalue weighted by atomic mass is 9.88. The second-order valence-electron chi connectivity index (χ2n) is 9.57.